The maximum atomic E-state index is 13.5. The summed E-state index contributed by atoms with van der Waals surface area (Å²) in [6, 6.07) is 5.92. The highest BCUT2D eigenvalue weighted by molar-refractivity contribution is 6.23. The predicted octanol–water partition coefficient (Wildman–Crippen LogP) is 4.79. The highest BCUT2D eigenvalue weighted by Gasteiger charge is 2.53. The molecule has 3 heterocycles. The van der Waals surface area contributed by atoms with E-state index in [1.807, 2.05) is 4.90 Å². The zero-order chi connectivity index (χ0) is 28.6. The normalized spacial score (nSPS) is 19.4. The van der Waals surface area contributed by atoms with Crippen LogP contribution in [0, 0.1) is 5.41 Å². The van der Waals surface area contributed by atoms with Crippen LogP contribution in [-0.4, -0.2) is 64.2 Å². The van der Waals surface area contributed by atoms with Crippen molar-refractivity contribution in [3.05, 3.63) is 48.3 Å². The van der Waals surface area contributed by atoms with Gasteiger partial charge in [0.05, 0.1) is 12.2 Å². The van der Waals surface area contributed by atoms with E-state index in [2.05, 4.69) is 28.9 Å². The van der Waals surface area contributed by atoms with Crippen molar-refractivity contribution in [2.75, 3.05) is 29.9 Å². The Morgan fingerprint density at radius 1 is 1.05 bits per heavy atom. The third kappa shape index (κ3) is 6.49. The number of rotatable bonds is 7. The number of pyridine rings is 1. The Morgan fingerprint density at radius 2 is 1.69 bits per heavy atom. The Hall–Kier alpha value is -3.67. The molecule has 0 unspecified atom stereocenters. The lowest BCUT2D eigenvalue weighted by atomic mass is 9.83. The maximum Gasteiger partial charge on any atom is 0.573 e. The van der Waals surface area contributed by atoms with Gasteiger partial charge in [0.15, 0.2) is 5.75 Å². The monoisotopic (exact) mass is 547 g/mol. The number of anilines is 2. The quantitative estimate of drug-likeness (QED) is 0.501. The fourth-order valence-electron chi connectivity index (χ4n) is 4.69. The lowest BCUT2D eigenvalue weighted by molar-refractivity contribution is -0.274. The number of carbonyl (C=O) groups is 3. The van der Waals surface area contributed by atoms with Crippen molar-refractivity contribution in [2.45, 2.75) is 59.0 Å². The molecule has 39 heavy (non-hydrogen) atoms. The zero-order valence-corrected chi connectivity index (χ0v) is 22.3. The van der Waals surface area contributed by atoms with Gasteiger partial charge < -0.3 is 15.0 Å². The van der Waals surface area contributed by atoms with E-state index in [-0.39, 0.29) is 30.1 Å². The number of nitrogens with zero attached hydrogens (tertiary/aromatic N) is 4. The van der Waals surface area contributed by atoms with Crippen LogP contribution in [0.4, 0.5) is 29.3 Å². The molecule has 2 aliphatic heterocycles. The van der Waals surface area contributed by atoms with Crippen molar-refractivity contribution in [1.82, 2.24) is 14.8 Å². The van der Waals surface area contributed by atoms with Crippen molar-refractivity contribution < 1.29 is 32.3 Å². The van der Waals surface area contributed by atoms with Gasteiger partial charge in [-0.15, -0.1) is 13.2 Å². The number of piperidine rings is 1. The largest absolute Gasteiger partial charge is 0.573 e. The van der Waals surface area contributed by atoms with Crippen LogP contribution in [0.5, 0.6) is 5.75 Å². The van der Waals surface area contributed by atoms with Crippen LogP contribution in [0.3, 0.4) is 0 Å². The van der Waals surface area contributed by atoms with Gasteiger partial charge in [0.2, 0.25) is 5.91 Å². The second kappa shape index (κ2) is 10.5. The maximum absolute atomic E-state index is 13.5. The third-order valence-corrected chi connectivity index (χ3v) is 7.20. The second-order valence-corrected chi connectivity index (χ2v) is 11.1. The van der Waals surface area contributed by atoms with E-state index in [0.29, 0.717) is 10.5 Å². The molecule has 0 saturated carbocycles. The van der Waals surface area contributed by atoms with E-state index < -0.39 is 35.3 Å². The van der Waals surface area contributed by atoms with E-state index >= 15 is 0 Å². The molecule has 12 heteroatoms. The van der Waals surface area contributed by atoms with Gasteiger partial charge in [-0.3, -0.25) is 19.5 Å². The van der Waals surface area contributed by atoms with Gasteiger partial charge in [-0.2, -0.15) is 0 Å². The Labute approximate surface area is 224 Å². The number of halogens is 3. The van der Waals surface area contributed by atoms with Crippen molar-refractivity contribution >= 4 is 29.2 Å². The van der Waals surface area contributed by atoms with Gasteiger partial charge in [0, 0.05) is 24.6 Å². The van der Waals surface area contributed by atoms with E-state index in [1.54, 1.807) is 12.1 Å². The molecule has 2 aliphatic rings. The van der Waals surface area contributed by atoms with Crippen LogP contribution in [0.25, 0.3) is 0 Å². The summed E-state index contributed by atoms with van der Waals surface area (Å²) in [5, 5.41) is 2.68. The molecule has 9 nitrogen and oxygen atoms in total. The fourth-order valence-corrected chi connectivity index (χ4v) is 4.69. The second-order valence-electron chi connectivity index (χ2n) is 11.1. The molecule has 0 aliphatic carbocycles. The summed E-state index contributed by atoms with van der Waals surface area (Å²) in [6.07, 6.45) is -0.110. The molecule has 1 aromatic carbocycles. The van der Waals surface area contributed by atoms with Crippen molar-refractivity contribution in [3.8, 4) is 5.75 Å². The number of hydrogen-bond acceptors (Lipinski definition) is 6. The van der Waals surface area contributed by atoms with Gasteiger partial charge in [-0.1, -0.05) is 13.8 Å². The first-order valence-electron chi connectivity index (χ1n) is 12.6. The molecule has 210 valence electrons. The van der Waals surface area contributed by atoms with Crippen molar-refractivity contribution in [1.29, 1.82) is 0 Å². The molecule has 0 radical (unpaired) electrons. The van der Waals surface area contributed by atoms with Crippen molar-refractivity contribution in [2.24, 2.45) is 5.41 Å². The topological polar surface area (TPSA) is 95.1 Å². The smallest absolute Gasteiger partial charge is 0.404 e. The van der Waals surface area contributed by atoms with Crippen LogP contribution in [0.1, 0.15) is 46.1 Å². The number of alkyl halides is 3. The Kier molecular flexibility index (Phi) is 7.61. The predicted molar refractivity (Wildman–Crippen MR) is 138 cm³/mol. The van der Waals surface area contributed by atoms with E-state index in [1.165, 1.54) is 37.2 Å². The molecule has 2 aromatic rings. The first kappa shape index (κ1) is 28.3. The van der Waals surface area contributed by atoms with Crippen LogP contribution in [0.2, 0.25) is 0 Å². The minimum Gasteiger partial charge on any atom is -0.404 e. The number of likely N-dealkylation sites (tertiary alicyclic amines) is 1. The first-order valence-corrected chi connectivity index (χ1v) is 12.6. The summed E-state index contributed by atoms with van der Waals surface area (Å²) in [5.41, 5.74) is -0.741. The summed E-state index contributed by atoms with van der Waals surface area (Å²) in [5.74, 6) is -1.82. The number of ether oxygens (including phenoxy) is 1. The van der Waals surface area contributed by atoms with Gasteiger partial charge in [-0.05, 0) is 81.1 Å². The van der Waals surface area contributed by atoms with E-state index in [9.17, 15) is 27.6 Å². The van der Waals surface area contributed by atoms with Gasteiger partial charge in [-0.25, -0.2) is 9.69 Å². The number of nitrogens with one attached hydrogen (secondary N) is 1. The SMILES string of the molecule is CC1(C)CCN(CC(=O)Nc2ccc(OC(F)(F)F)c(N3C(=O)N(Cc4ccncc4)C(C)(C)C3=O)c2)CC1. The molecule has 4 rings (SSSR count). The molecule has 2 saturated heterocycles. The lowest BCUT2D eigenvalue weighted by Gasteiger charge is -2.36. The first-order chi connectivity index (χ1) is 18.2. The average Bonchev–Trinajstić information content (AvgIpc) is 3.00. The summed E-state index contributed by atoms with van der Waals surface area (Å²) in [7, 11) is 0. The number of benzene rings is 1. The van der Waals surface area contributed by atoms with Crippen molar-refractivity contribution in [3.63, 3.8) is 0 Å². The summed E-state index contributed by atoms with van der Waals surface area (Å²) >= 11 is 0. The van der Waals surface area contributed by atoms with E-state index in [0.717, 1.165) is 38.1 Å². The number of urea groups is 1. The highest BCUT2D eigenvalue weighted by atomic mass is 19.4. The summed E-state index contributed by atoms with van der Waals surface area (Å²) in [6.45, 7) is 9.05. The number of imide groups is 1. The Morgan fingerprint density at radius 3 is 2.31 bits per heavy atom. The molecule has 1 aromatic heterocycles. The molecule has 2 fully saturated rings. The molecular weight excluding hydrogens is 515 g/mol. The number of amides is 4. The van der Waals surface area contributed by atoms with Gasteiger partial charge in [0.1, 0.15) is 5.54 Å². The highest BCUT2D eigenvalue weighted by Crippen LogP contribution is 2.41. The van der Waals surface area contributed by atoms with E-state index in [4.69, 9.17) is 0 Å². The number of hydrogen-bond donors (Lipinski definition) is 1. The Bertz CT molecular complexity index is 1240. The molecule has 0 bridgehead atoms. The van der Waals surface area contributed by atoms with Gasteiger partial charge in [0.25, 0.3) is 5.91 Å². The molecular formula is C27H32F3N5O4. The van der Waals surface area contributed by atoms with Crippen LogP contribution in [0.15, 0.2) is 42.7 Å². The Balaban J connectivity index is 1.60. The number of carbonyl (C=O) groups excluding carboxylic acids is 3. The molecule has 1 N–H and O–H groups in total. The standard InChI is InChI=1S/C27H32F3N5O4/c1-25(2)9-13-33(14-10-25)17-22(36)32-19-5-6-21(39-27(28,29)30)20(15-19)35-23(37)26(3,4)34(24(35)38)16-18-7-11-31-12-8-18/h5-8,11-12,15H,9-10,13-14,16-17H2,1-4H3,(H,32,36). The minimum atomic E-state index is -5.07. The zero-order valence-electron chi connectivity index (χ0n) is 22.3. The number of aromatic nitrogens is 1. The summed E-state index contributed by atoms with van der Waals surface area (Å²) < 4.78 is 43.9. The third-order valence-electron chi connectivity index (χ3n) is 7.20. The summed E-state index contributed by atoms with van der Waals surface area (Å²) in [4.78, 5) is 47.5. The van der Waals surface area contributed by atoms with Crippen LogP contribution < -0.4 is 15.0 Å². The molecule has 0 atom stereocenters. The van der Waals surface area contributed by atoms with Crippen LogP contribution >= 0.6 is 0 Å². The molecule has 0 spiro atoms. The van der Waals surface area contributed by atoms with Gasteiger partial charge >= 0.3 is 12.4 Å². The van der Waals surface area contributed by atoms with Crippen LogP contribution in [-0.2, 0) is 16.1 Å². The average molecular weight is 548 g/mol. The fraction of sp³-hybridized carbons (Fsp3) is 0.481. The molecule has 4 amide bonds. The lowest BCUT2D eigenvalue weighted by Crippen LogP contribution is -2.43. The minimum absolute atomic E-state index is 0.0368.